The average molecular weight is 207 g/mol. The van der Waals surface area contributed by atoms with E-state index in [1.165, 1.54) is 5.57 Å². The van der Waals surface area contributed by atoms with Crippen molar-refractivity contribution in [1.29, 1.82) is 5.26 Å². The molecule has 1 rings (SSSR count). The Morgan fingerprint density at radius 1 is 1.33 bits per heavy atom. The molecule has 1 atom stereocenters. The molecule has 0 aromatic rings. The van der Waals surface area contributed by atoms with E-state index in [4.69, 9.17) is 5.26 Å². The highest BCUT2D eigenvalue weighted by atomic mass is 15.3. The first kappa shape index (κ1) is 12.2. The van der Waals surface area contributed by atoms with Crippen LogP contribution in [0.1, 0.15) is 20.8 Å². The molecule has 0 amide bonds. The number of nitrogens with zero attached hydrogens (tertiary/aromatic N) is 3. The Balaban J connectivity index is 2.30. The van der Waals surface area contributed by atoms with Crippen molar-refractivity contribution in [3.05, 3.63) is 11.6 Å². The molecule has 0 aromatic heterocycles. The second-order valence-corrected chi connectivity index (χ2v) is 4.42. The lowest BCUT2D eigenvalue weighted by Gasteiger charge is -2.35. The maximum atomic E-state index is 8.81. The first-order chi connectivity index (χ1) is 7.13. The normalized spacial score (nSPS) is 20.7. The Labute approximate surface area is 93.0 Å². The highest BCUT2D eigenvalue weighted by Gasteiger charge is 2.19. The van der Waals surface area contributed by atoms with Gasteiger partial charge in [0, 0.05) is 32.7 Å². The minimum absolute atomic E-state index is 0.0654. The van der Waals surface area contributed by atoms with Crippen molar-refractivity contribution in [3.63, 3.8) is 0 Å². The van der Waals surface area contributed by atoms with Crippen molar-refractivity contribution < 1.29 is 0 Å². The van der Waals surface area contributed by atoms with Crippen LogP contribution in [0.15, 0.2) is 11.6 Å². The minimum atomic E-state index is 0.0654. The van der Waals surface area contributed by atoms with Crippen LogP contribution in [-0.2, 0) is 0 Å². The average Bonchev–Trinajstić information content (AvgIpc) is 2.26. The summed E-state index contributed by atoms with van der Waals surface area (Å²) < 4.78 is 0. The summed E-state index contributed by atoms with van der Waals surface area (Å²) in [7, 11) is 0. The third-order valence-corrected chi connectivity index (χ3v) is 2.90. The molecule has 1 heterocycles. The molecule has 1 aliphatic rings. The number of rotatable bonds is 3. The quantitative estimate of drug-likeness (QED) is 0.657. The molecule has 0 spiro atoms. The van der Waals surface area contributed by atoms with Gasteiger partial charge in [0.15, 0.2) is 0 Å². The van der Waals surface area contributed by atoms with E-state index in [-0.39, 0.29) is 6.04 Å². The van der Waals surface area contributed by atoms with Crippen LogP contribution < -0.4 is 0 Å². The largest absolute Gasteiger partial charge is 0.297 e. The SMILES string of the molecule is CC(C)=CCN1CCN(C(C)C#N)CC1. The number of hydrogen-bond acceptors (Lipinski definition) is 3. The summed E-state index contributed by atoms with van der Waals surface area (Å²) in [5.41, 5.74) is 1.38. The second-order valence-electron chi connectivity index (χ2n) is 4.42. The van der Waals surface area contributed by atoms with Gasteiger partial charge in [-0.2, -0.15) is 5.26 Å². The fourth-order valence-electron chi connectivity index (χ4n) is 1.73. The zero-order valence-corrected chi connectivity index (χ0v) is 10.0. The van der Waals surface area contributed by atoms with E-state index >= 15 is 0 Å². The first-order valence-corrected chi connectivity index (χ1v) is 5.63. The van der Waals surface area contributed by atoms with Crippen LogP contribution in [0.4, 0.5) is 0 Å². The van der Waals surface area contributed by atoms with Crippen molar-refractivity contribution in [3.8, 4) is 6.07 Å². The van der Waals surface area contributed by atoms with E-state index in [9.17, 15) is 0 Å². The Kier molecular flexibility index (Phi) is 4.80. The van der Waals surface area contributed by atoms with E-state index in [1.54, 1.807) is 0 Å². The minimum Gasteiger partial charge on any atom is -0.297 e. The molecule has 1 fully saturated rings. The molecule has 3 nitrogen and oxygen atoms in total. The van der Waals surface area contributed by atoms with Crippen LogP contribution in [0.3, 0.4) is 0 Å². The molecule has 0 radical (unpaired) electrons. The Bertz CT molecular complexity index is 253. The van der Waals surface area contributed by atoms with Gasteiger partial charge in [-0.25, -0.2) is 0 Å². The van der Waals surface area contributed by atoms with Crippen molar-refractivity contribution in [1.82, 2.24) is 9.80 Å². The number of allylic oxidation sites excluding steroid dienone is 1. The third-order valence-electron chi connectivity index (χ3n) is 2.90. The Morgan fingerprint density at radius 3 is 2.40 bits per heavy atom. The van der Waals surface area contributed by atoms with Crippen LogP contribution in [-0.4, -0.2) is 48.6 Å². The topological polar surface area (TPSA) is 30.3 Å². The summed E-state index contributed by atoms with van der Waals surface area (Å²) >= 11 is 0. The molecule has 0 bridgehead atoms. The molecule has 84 valence electrons. The van der Waals surface area contributed by atoms with E-state index in [2.05, 4.69) is 35.8 Å². The van der Waals surface area contributed by atoms with Gasteiger partial charge < -0.3 is 0 Å². The predicted octanol–water partition coefficient (Wildman–Crippen LogP) is 1.48. The summed E-state index contributed by atoms with van der Waals surface area (Å²) in [6.07, 6.45) is 2.27. The molecule has 0 aromatic carbocycles. The molecular formula is C12H21N3. The lowest BCUT2D eigenvalue weighted by atomic mass is 10.2. The van der Waals surface area contributed by atoms with Crippen molar-refractivity contribution in [2.45, 2.75) is 26.8 Å². The summed E-state index contributed by atoms with van der Waals surface area (Å²) in [4.78, 5) is 4.69. The third kappa shape index (κ3) is 4.03. The molecular weight excluding hydrogens is 186 g/mol. The standard InChI is InChI=1S/C12H21N3/c1-11(2)4-5-14-6-8-15(9-7-14)12(3)10-13/h4,12H,5-9H2,1-3H3. The van der Waals surface area contributed by atoms with Gasteiger partial charge >= 0.3 is 0 Å². The Morgan fingerprint density at radius 2 is 1.93 bits per heavy atom. The summed E-state index contributed by atoms with van der Waals surface area (Å²) in [6.45, 7) is 11.5. The van der Waals surface area contributed by atoms with Crippen molar-refractivity contribution >= 4 is 0 Å². The highest BCUT2D eigenvalue weighted by Crippen LogP contribution is 2.06. The monoisotopic (exact) mass is 207 g/mol. The van der Waals surface area contributed by atoms with Gasteiger partial charge in [-0.3, -0.25) is 9.80 Å². The smallest absolute Gasteiger partial charge is 0.0950 e. The van der Waals surface area contributed by atoms with Gasteiger partial charge in [0.25, 0.3) is 0 Å². The maximum Gasteiger partial charge on any atom is 0.0950 e. The van der Waals surface area contributed by atoms with Crippen LogP contribution in [0.5, 0.6) is 0 Å². The fourth-order valence-corrected chi connectivity index (χ4v) is 1.73. The van der Waals surface area contributed by atoms with Gasteiger partial charge in [-0.1, -0.05) is 11.6 Å². The lowest BCUT2D eigenvalue weighted by molar-refractivity contribution is 0.128. The second kappa shape index (κ2) is 5.89. The van der Waals surface area contributed by atoms with E-state index in [0.717, 1.165) is 32.7 Å². The van der Waals surface area contributed by atoms with Gasteiger partial charge in [-0.15, -0.1) is 0 Å². The zero-order valence-electron chi connectivity index (χ0n) is 10.0. The summed E-state index contributed by atoms with van der Waals surface area (Å²) in [5.74, 6) is 0. The molecule has 15 heavy (non-hydrogen) atoms. The van der Waals surface area contributed by atoms with Crippen LogP contribution in [0.2, 0.25) is 0 Å². The molecule has 1 aliphatic heterocycles. The van der Waals surface area contributed by atoms with Gasteiger partial charge in [0.2, 0.25) is 0 Å². The molecule has 0 N–H and O–H groups in total. The molecule has 0 saturated carbocycles. The number of piperazine rings is 1. The molecule has 1 unspecified atom stereocenters. The summed E-state index contributed by atoms with van der Waals surface area (Å²) in [5, 5.41) is 8.81. The molecule has 1 saturated heterocycles. The van der Waals surface area contributed by atoms with Gasteiger partial charge in [0.05, 0.1) is 12.1 Å². The van der Waals surface area contributed by atoms with Crippen LogP contribution in [0.25, 0.3) is 0 Å². The predicted molar refractivity (Wildman–Crippen MR) is 62.5 cm³/mol. The number of nitriles is 1. The highest BCUT2D eigenvalue weighted by molar-refractivity contribution is 4.96. The van der Waals surface area contributed by atoms with E-state index in [1.807, 2.05) is 6.92 Å². The van der Waals surface area contributed by atoms with E-state index in [0.29, 0.717) is 0 Å². The molecule has 0 aliphatic carbocycles. The summed E-state index contributed by atoms with van der Waals surface area (Å²) in [6, 6.07) is 2.36. The van der Waals surface area contributed by atoms with Gasteiger partial charge in [-0.05, 0) is 20.8 Å². The van der Waals surface area contributed by atoms with Crippen LogP contribution in [0, 0.1) is 11.3 Å². The maximum absolute atomic E-state index is 8.81. The van der Waals surface area contributed by atoms with E-state index < -0.39 is 0 Å². The van der Waals surface area contributed by atoms with Gasteiger partial charge in [0.1, 0.15) is 0 Å². The van der Waals surface area contributed by atoms with Crippen molar-refractivity contribution in [2.75, 3.05) is 32.7 Å². The first-order valence-electron chi connectivity index (χ1n) is 5.63. The van der Waals surface area contributed by atoms with Crippen molar-refractivity contribution in [2.24, 2.45) is 0 Å². The van der Waals surface area contributed by atoms with Crippen LogP contribution >= 0.6 is 0 Å². The number of hydrogen-bond donors (Lipinski definition) is 0. The fraction of sp³-hybridized carbons (Fsp3) is 0.750. The lowest BCUT2D eigenvalue weighted by Crippen LogP contribution is -2.49. The zero-order chi connectivity index (χ0) is 11.3. The Hall–Kier alpha value is -0.850. The molecule has 3 heteroatoms.